The monoisotopic (exact) mass is 502 g/mol. The zero-order valence-electron chi connectivity index (χ0n) is 19.1. The van der Waals surface area contributed by atoms with Gasteiger partial charge < -0.3 is 20.1 Å². The number of methoxy groups -OCH3 is 1. The van der Waals surface area contributed by atoms with E-state index in [0.717, 1.165) is 17.5 Å². The van der Waals surface area contributed by atoms with Gasteiger partial charge in [-0.25, -0.2) is 4.98 Å². The zero-order chi connectivity index (χ0) is 25.1. The molecule has 4 aromatic rings. The molecule has 4 rings (SSSR count). The number of benzene rings is 2. The second kappa shape index (κ2) is 10.3. The third-order valence-electron chi connectivity index (χ3n) is 5.71. The number of pyridine rings is 1. The largest absolute Gasteiger partial charge is 0.420 e. The quantitative estimate of drug-likeness (QED) is 0.257. The van der Waals surface area contributed by atoms with Gasteiger partial charge in [-0.2, -0.15) is 13.2 Å². The lowest BCUT2D eigenvalue weighted by Crippen LogP contribution is -2.55. The Morgan fingerprint density at radius 3 is 2.63 bits per heavy atom. The Morgan fingerprint density at radius 2 is 1.91 bits per heavy atom. The lowest BCUT2D eigenvalue weighted by atomic mass is 9.86. The number of rotatable bonds is 9. The van der Waals surface area contributed by atoms with E-state index in [1.54, 1.807) is 48.5 Å². The maximum absolute atomic E-state index is 14.7. The van der Waals surface area contributed by atoms with Gasteiger partial charge in [-0.3, -0.25) is 4.98 Å². The van der Waals surface area contributed by atoms with Crippen LogP contribution in [0.3, 0.4) is 0 Å². The number of nitrogens with one attached hydrogen (secondary N) is 2. The van der Waals surface area contributed by atoms with Crippen molar-refractivity contribution in [3.05, 3.63) is 83.8 Å². The van der Waals surface area contributed by atoms with E-state index in [4.69, 9.17) is 4.74 Å². The summed E-state index contributed by atoms with van der Waals surface area (Å²) in [6.45, 7) is 1.93. The minimum absolute atomic E-state index is 0.0872. The topological polar surface area (TPSA) is 83.1 Å². The molecule has 2 aromatic heterocycles. The molecule has 0 aliphatic rings. The van der Waals surface area contributed by atoms with Gasteiger partial charge >= 0.3 is 6.18 Å². The highest BCUT2D eigenvalue weighted by Gasteiger charge is 2.59. The first-order valence-electron chi connectivity index (χ1n) is 10.8. The standard InChI is InChI=1S/C25H25F3N4O2S/c1-16-10-11-19-20(31-16)8-5-9-21(19)32-22(18-7-4-3-6-17(18)14-34-2)24(33,25(26,27)28)15-35-23-29-12-13-30-23/h3-13,22,32-33H,14-15H2,1-2H3,(H,29,30). The molecule has 184 valence electrons. The fourth-order valence-electron chi connectivity index (χ4n) is 3.93. The van der Waals surface area contributed by atoms with Crippen LogP contribution >= 0.6 is 11.8 Å². The van der Waals surface area contributed by atoms with E-state index in [-0.39, 0.29) is 17.3 Å². The summed E-state index contributed by atoms with van der Waals surface area (Å²) >= 11 is 0.799. The van der Waals surface area contributed by atoms with E-state index >= 15 is 0 Å². The van der Waals surface area contributed by atoms with Crippen LogP contribution in [0.1, 0.15) is 22.9 Å². The number of thioether (sulfide) groups is 1. The van der Waals surface area contributed by atoms with Crippen molar-refractivity contribution in [1.82, 2.24) is 15.0 Å². The molecule has 0 saturated carbocycles. The number of hydrogen-bond donors (Lipinski definition) is 3. The summed E-state index contributed by atoms with van der Waals surface area (Å²) in [6.07, 6.45) is -2.00. The van der Waals surface area contributed by atoms with E-state index in [1.807, 2.05) is 13.0 Å². The number of aliphatic hydroxyl groups is 1. The van der Waals surface area contributed by atoms with Gasteiger partial charge in [-0.1, -0.05) is 42.1 Å². The van der Waals surface area contributed by atoms with Crippen LogP contribution in [0, 0.1) is 6.92 Å². The molecule has 0 fully saturated rings. The Kier molecular flexibility index (Phi) is 7.34. The molecule has 2 heterocycles. The predicted octanol–water partition coefficient (Wildman–Crippen LogP) is 5.65. The third-order valence-corrected chi connectivity index (χ3v) is 6.79. The number of imidazole rings is 1. The molecule has 0 aliphatic heterocycles. The fourth-order valence-corrected chi connectivity index (χ4v) is 4.91. The highest BCUT2D eigenvalue weighted by atomic mass is 32.2. The number of aromatic amines is 1. The van der Waals surface area contributed by atoms with Crippen LogP contribution in [-0.2, 0) is 11.3 Å². The van der Waals surface area contributed by atoms with Crippen LogP contribution in [-0.4, -0.2) is 44.7 Å². The summed E-state index contributed by atoms with van der Waals surface area (Å²) in [6, 6.07) is 13.9. The Balaban J connectivity index is 1.85. The zero-order valence-corrected chi connectivity index (χ0v) is 20.0. The first kappa shape index (κ1) is 25.0. The molecule has 0 saturated heterocycles. The molecule has 35 heavy (non-hydrogen) atoms. The number of alkyl halides is 3. The number of nitrogens with zero attached hydrogens (tertiary/aromatic N) is 2. The molecule has 0 bridgehead atoms. The van der Waals surface area contributed by atoms with Crippen molar-refractivity contribution in [3.63, 3.8) is 0 Å². The highest BCUT2D eigenvalue weighted by Crippen LogP contribution is 2.46. The van der Waals surface area contributed by atoms with E-state index in [1.165, 1.54) is 19.5 Å². The van der Waals surface area contributed by atoms with Gasteiger partial charge in [0.2, 0.25) is 0 Å². The van der Waals surface area contributed by atoms with Gasteiger partial charge in [0.1, 0.15) is 0 Å². The molecular weight excluding hydrogens is 477 g/mol. The number of fused-ring (bicyclic) bond motifs is 1. The van der Waals surface area contributed by atoms with Gasteiger partial charge in [0.15, 0.2) is 10.8 Å². The van der Waals surface area contributed by atoms with Crippen LogP contribution < -0.4 is 5.32 Å². The maximum Gasteiger partial charge on any atom is 0.420 e. The van der Waals surface area contributed by atoms with Crippen LogP contribution in [0.15, 0.2) is 72.1 Å². The molecule has 2 aromatic carbocycles. The van der Waals surface area contributed by atoms with Gasteiger partial charge in [0, 0.05) is 42.0 Å². The summed E-state index contributed by atoms with van der Waals surface area (Å²) in [5.74, 6) is -0.689. The smallest absolute Gasteiger partial charge is 0.380 e. The maximum atomic E-state index is 14.7. The first-order chi connectivity index (χ1) is 16.7. The average Bonchev–Trinajstić information content (AvgIpc) is 3.35. The number of hydrogen-bond acceptors (Lipinski definition) is 6. The molecule has 0 amide bonds. The molecule has 2 atom stereocenters. The van der Waals surface area contributed by atoms with Crippen molar-refractivity contribution in [1.29, 1.82) is 0 Å². The highest BCUT2D eigenvalue weighted by molar-refractivity contribution is 7.99. The van der Waals surface area contributed by atoms with Crippen molar-refractivity contribution >= 4 is 28.4 Å². The summed E-state index contributed by atoms with van der Waals surface area (Å²) < 4.78 is 49.3. The molecular formula is C25H25F3N4O2S. The average molecular weight is 503 g/mol. The van der Waals surface area contributed by atoms with E-state index in [0.29, 0.717) is 22.2 Å². The summed E-state index contributed by atoms with van der Waals surface area (Å²) in [7, 11) is 1.47. The molecule has 10 heteroatoms. The van der Waals surface area contributed by atoms with Crippen molar-refractivity contribution in [2.45, 2.75) is 36.5 Å². The van der Waals surface area contributed by atoms with Gasteiger partial charge in [-0.05, 0) is 42.3 Å². The Hall–Kier alpha value is -3.08. The lowest BCUT2D eigenvalue weighted by molar-refractivity contribution is -0.256. The fraction of sp³-hybridized carbons (Fsp3) is 0.280. The van der Waals surface area contributed by atoms with Crippen molar-refractivity contribution in [2.24, 2.45) is 0 Å². The Labute approximate surface area is 205 Å². The van der Waals surface area contributed by atoms with E-state index in [2.05, 4.69) is 20.3 Å². The summed E-state index contributed by atoms with van der Waals surface area (Å²) in [4.78, 5) is 11.3. The van der Waals surface area contributed by atoms with E-state index < -0.39 is 23.6 Å². The molecule has 6 nitrogen and oxygen atoms in total. The Bertz CT molecular complexity index is 1280. The second-order valence-electron chi connectivity index (χ2n) is 8.14. The number of H-pyrrole nitrogens is 1. The van der Waals surface area contributed by atoms with Crippen molar-refractivity contribution in [3.8, 4) is 0 Å². The van der Waals surface area contributed by atoms with Crippen LogP contribution in [0.2, 0.25) is 0 Å². The van der Waals surface area contributed by atoms with Gasteiger partial charge in [0.25, 0.3) is 0 Å². The lowest BCUT2D eigenvalue weighted by Gasteiger charge is -2.39. The molecule has 3 N–H and O–H groups in total. The van der Waals surface area contributed by atoms with Crippen LogP contribution in [0.5, 0.6) is 0 Å². The molecule has 0 spiro atoms. The van der Waals surface area contributed by atoms with Crippen LogP contribution in [0.4, 0.5) is 18.9 Å². The Morgan fingerprint density at radius 1 is 1.11 bits per heavy atom. The van der Waals surface area contributed by atoms with E-state index in [9.17, 15) is 18.3 Å². The predicted molar refractivity (Wildman–Crippen MR) is 130 cm³/mol. The van der Waals surface area contributed by atoms with Crippen molar-refractivity contribution in [2.75, 3.05) is 18.2 Å². The molecule has 0 aliphatic carbocycles. The number of anilines is 1. The SMILES string of the molecule is COCc1ccccc1C(Nc1cccc2nc(C)ccc12)C(O)(CSc1ncc[nH]1)C(F)(F)F. The first-order valence-corrected chi connectivity index (χ1v) is 11.8. The number of halogens is 3. The summed E-state index contributed by atoms with van der Waals surface area (Å²) in [5, 5.41) is 15.4. The number of aromatic nitrogens is 3. The van der Waals surface area contributed by atoms with Crippen molar-refractivity contribution < 1.29 is 23.0 Å². The van der Waals surface area contributed by atoms with Gasteiger partial charge in [-0.15, -0.1) is 0 Å². The molecule has 0 radical (unpaired) electrons. The minimum Gasteiger partial charge on any atom is -0.380 e. The second-order valence-corrected chi connectivity index (χ2v) is 9.10. The minimum atomic E-state index is -4.97. The van der Waals surface area contributed by atoms with Gasteiger partial charge in [0.05, 0.1) is 18.2 Å². The number of ether oxygens (including phenoxy) is 1. The third kappa shape index (κ3) is 5.29. The van der Waals surface area contributed by atoms with Crippen LogP contribution in [0.25, 0.3) is 10.9 Å². The summed E-state index contributed by atoms with van der Waals surface area (Å²) in [5.41, 5.74) is -0.483. The molecule has 2 unspecified atom stereocenters. The number of aryl methyl sites for hydroxylation is 1. The normalized spacial score (nSPS) is 14.6.